The minimum absolute atomic E-state index is 0.0708. The average Bonchev–Trinajstić information content (AvgIpc) is 3.31. The Bertz CT molecular complexity index is 980. The maximum Gasteiger partial charge on any atom is 0.307 e. The van der Waals surface area contributed by atoms with Gasteiger partial charge >= 0.3 is 17.9 Å². The molecule has 11 atom stereocenters. The summed E-state index contributed by atoms with van der Waals surface area (Å²) in [4.78, 5) is 38.3. The van der Waals surface area contributed by atoms with Gasteiger partial charge in [-0.25, -0.2) is 0 Å². The van der Waals surface area contributed by atoms with Crippen molar-refractivity contribution in [3.05, 3.63) is 0 Å². The van der Waals surface area contributed by atoms with Gasteiger partial charge in [-0.1, -0.05) is 20.8 Å². The summed E-state index contributed by atoms with van der Waals surface area (Å²) in [5.41, 5.74) is 16.7. The van der Waals surface area contributed by atoms with Crippen molar-refractivity contribution in [1.82, 2.24) is 0 Å². The van der Waals surface area contributed by atoms with E-state index >= 15 is 0 Å². The van der Waals surface area contributed by atoms with Crippen LogP contribution in [-0.4, -0.2) is 67.6 Å². The second-order valence-corrected chi connectivity index (χ2v) is 14.4. The summed E-state index contributed by atoms with van der Waals surface area (Å²) >= 11 is 0. The number of aliphatic hydroxyl groups excluding tert-OH is 1. The molecule has 4 aliphatic carbocycles. The molecule has 0 aromatic rings. The Kier molecular flexibility index (Phi) is 11.6. The van der Waals surface area contributed by atoms with E-state index in [0.717, 1.165) is 51.4 Å². The molecule has 4 rings (SSSR count). The third-order valence-electron chi connectivity index (χ3n) is 12.2. The van der Waals surface area contributed by atoms with Crippen LogP contribution in [0.3, 0.4) is 0 Å². The van der Waals surface area contributed by atoms with Gasteiger partial charge in [0.1, 0.15) is 18.3 Å². The Balaban J connectivity index is 1.71. The number of fused-ring (bicyclic) bond motifs is 5. The van der Waals surface area contributed by atoms with E-state index in [9.17, 15) is 19.5 Å². The lowest BCUT2D eigenvalue weighted by Crippen LogP contribution is -2.63. The molecule has 0 aromatic carbocycles. The lowest BCUT2D eigenvalue weighted by Gasteiger charge is -2.64. The molecule has 0 amide bonds. The van der Waals surface area contributed by atoms with Crippen LogP contribution in [0.4, 0.5) is 0 Å². The Morgan fingerprint density at radius 2 is 1.47 bits per heavy atom. The smallest absolute Gasteiger partial charge is 0.307 e. The first-order valence-corrected chi connectivity index (χ1v) is 16.8. The molecular weight excluding hydrogens is 550 g/mol. The molecule has 0 heterocycles. The molecule has 4 fully saturated rings. The zero-order valence-electron chi connectivity index (χ0n) is 26.6. The molecule has 10 heteroatoms. The lowest BCUT2D eigenvalue weighted by atomic mass is 9.43. The van der Waals surface area contributed by atoms with Crippen LogP contribution in [0.1, 0.15) is 97.8 Å². The average molecular weight is 608 g/mol. The number of hydrogen-bond donors (Lipinski definition) is 4. The summed E-state index contributed by atoms with van der Waals surface area (Å²) in [7, 11) is 0. The van der Waals surface area contributed by atoms with E-state index in [-0.39, 0.29) is 116 Å². The molecule has 0 saturated heterocycles. The number of ether oxygens (including phenoxy) is 3. The predicted octanol–water partition coefficient (Wildman–Crippen LogP) is 3.06. The maximum atomic E-state index is 13.0. The molecule has 0 spiro atoms. The Labute approximate surface area is 257 Å². The van der Waals surface area contributed by atoms with Crippen molar-refractivity contribution >= 4 is 17.9 Å². The standard InChI is InChI=1S/C33H57N3O7/c1-20(5-4-16-37)23-6-7-24-31-25(19-27(33(23,24)3)43-30(40)11-15-36)32(2)12-8-22(41-28(38)9-13-34)17-21(32)18-26(31)42-29(39)10-14-35/h20-27,31,37H,4-19,34-36H2,1-3H3/t20-,21?,22-,23-,24+,25+,26-,27+,31?,32+,33-/m1/s1. The summed E-state index contributed by atoms with van der Waals surface area (Å²) in [6, 6.07) is 0. The fourth-order valence-electron chi connectivity index (χ4n) is 10.1. The number of aliphatic hydroxyl groups is 1. The fourth-order valence-corrected chi connectivity index (χ4v) is 10.1. The molecule has 4 aliphatic rings. The minimum atomic E-state index is -0.281. The molecule has 4 saturated carbocycles. The Hall–Kier alpha value is -1.75. The van der Waals surface area contributed by atoms with E-state index in [1.165, 1.54) is 0 Å². The molecule has 246 valence electrons. The summed E-state index contributed by atoms with van der Waals surface area (Å²) in [6.45, 7) is 7.86. The number of carbonyl (C=O) groups is 3. The van der Waals surface area contributed by atoms with Crippen LogP contribution in [0.15, 0.2) is 0 Å². The van der Waals surface area contributed by atoms with E-state index in [2.05, 4.69) is 20.8 Å². The van der Waals surface area contributed by atoms with Gasteiger partial charge in [-0.2, -0.15) is 0 Å². The number of rotatable bonds is 13. The summed E-state index contributed by atoms with van der Waals surface area (Å²) in [5, 5.41) is 9.56. The van der Waals surface area contributed by atoms with E-state index < -0.39 is 0 Å². The highest BCUT2D eigenvalue weighted by atomic mass is 16.6. The molecular formula is C33H57N3O7. The molecule has 0 bridgehead atoms. The quantitative estimate of drug-likeness (QED) is 0.180. The number of carbonyl (C=O) groups excluding carboxylic acids is 3. The van der Waals surface area contributed by atoms with Crippen molar-refractivity contribution in [3.63, 3.8) is 0 Å². The minimum Gasteiger partial charge on any atom is -0.462 e. The largest absolute Gasteiger partial charge is 0.462 e. The number of esters is 3. The Morgan fingerprint density at radius 3 is 2.09 bits per heavy atom. The van der Waals surface area contributed by atoms with Crippen molar-refractivity contribution in [2.24, 2.45) is 63.5 Å². The van der Waals surface area contributed by atoms with Gasteiger partial charge in [0.05, 0.1) is 19.3 Å². The van der Waals surface area contributed by atoms with E-state index in [1.54, 1.807) is 0 Å². The molecule has 10 nitrogen and oxygen atoms in total. The first-order chi connectivity index (χ1) is 20.5. The highest BCUT2D eigenvalue weighted by molar-refractivity contribution is 5.70. The highest BCUT2D eigenvalue weighted by Crippen LogP contribution is 2.69. The number of hydrogen-bond acceptors (Lipinski definition) is 10. The zero-order chi connectivity index (χ0) is 31.4. The van der Waals surface area contributed by atoms with Crippen LogP contribution in [0.2, 0.25) is 0 Å². The molecule has 43 heavy (non-hydrogen) atoms. The number of nitrogens with two attached hydrogens (primary N) is 3. The second-order valence-electron chi connectivity index (χ2n) is 14.4. The Morgan fingerprint density at radius 1 is 0.837 bits per heavy atom. The predicted molar refractivity (Wildman–Crippen MR) is 162 cm³/mol. The second kappa shape index (κ2) is 14.6. The fraction of sp³-hybridized carbons (Fsp3) is 0.909. The third-order valence-corrected chi connectivity index (χ3v) is 12.2. The van der Waals surface area contributed by atoms with Crippen LogP contribution in [0, 0.1) is 46.3 Å². The SMILES string of the molecule is C[C@H](CCCO)[C@H]1CC[C@H]2C3[C@H](OC(=O)CCN)CC4C[C@H](OC(=O)CCN)CC[C@]4(C)[C@H]3C[C@H](OC(=O)CCN)[C@]12C. The topological polar surface area (TPSA) is 177 Å². The monoisotopic (exact) mass is 607 g/mol. The summed E-state index contributed by atoms with van der Waals surface area (Å²) in [6.07, 6.45) is 7.38. The van der Waals surface area contributed by atoms with Gasteiger partial charge in [-0.3, -0.25) is 14.4 Å². The van der Waals surface area contributed by atoms with Gasteiger partial charge in [0.15, 0.2) is 0 Å². The van der Waals surface area contributed by atoms with E-state index in [1.807, 2.05) is 0 Å². The van der Waals surface area contributed by atoms with Gasteiger partial charge in [-0.05, 0) is 92.8 Å². The first kappa shape index (κ1) is 34.1. The van der Waals surface area contributed by atoms with Crippen molar-refractivity contribution < 1.29 is 33.7 Å². The van der Waals surface area contributed by atoms with Gasteiger partial charge in [-0.15, -0.1) is 0 Å². The molecule has 2 unspecified atom stereocenters. The molecule has 7 N–H and O–H groups in total. The van der Waals surface area contributed by atoms with Crippen LogP contribution in [0.25, 0.3) is 0 Å². The van der Waals surface area contributed by atoms with Gasteiger partial charge in [0, 0.05) is 37.6 Å². The van der Waals surface area contributed by atoms with Crippen molar-refractivity contribution in [2.75, 3.05) is 26.2 Å². The van der Waals surface area contributed by atoms with Crippen molar-refractivity contribution in [2.45, 2.75) is 116 Å². The third kappa shape index (κ3) is 6.92. The highest BCUT2D eigenvalue weighted by Gasteiger charge is 2.67. The first-order valence-electron chi connectivity index (χ1n) is 16.8. The summed E-state index contributed by atoms with van der Waals surface area (Å²) < 4.78 is 18.5. The van der Waals surface area contributed by atoms with Gasteiger partial charge in [0.2, 0.25) is 0 Å². The molecule has 0 radical (unpaired) electrons. The van der Waals surface area contributed by atoms with Gasteiger partial charge in [0.25, 0.3) is 0 Å². The molecule has 0 aromatic heterocycles. The van der Waals surface area contributed by atoms with Crippen LogP contribution in [0.5, 0.6) is 0 Å². The van der Waals surface area contributed by atoms with Crippen LogP contribution < -0.4 is 17.2 Å². The van der Waals surface area contributed by atoms with Gasteiger partial charge < -0.3 is 36.5 Å². The van der Waals surface area contributed by atoms with E-state index in [0.29, 0.717) is 18.3 Å². The van der Waals surface area contributed by atoms with E-state index in [4.69, 9.17) is 31.4 Å². The maximum absolute atomic E-state index is 13.0. The summed E-state index contributed by atoms with van der Waals surface area (Å²) in [5.74, 6) is 0.646. The zero-order valence-corrected chi connectivity index (χ0v) is 26.6. The van der Waals surface area contributed by atoms with Crippen molar-refractivity contribution in [3.8, 4) is 0 Å². The normalized spacial score (nSPS) is 39.1. The van der Waals surface area contributed by atoms with Crippen molar-refractivity contribution in [1.29, 1.82) is 0 Å². The van der Waals surface area contributed by atoms with Crippen LogP contribution >= 0.6 is 0 Å². The van der Waals surface area contributed by atoms with Crippen LogP contribution in [-0.2, 0) is 28.6 Å². The lowest BCUT2D eigenvalue weighted by molar-refractivity contribution is -0.225. The molecule has 0 aliphatic heterocycles.